The molecule has 0 unspecified atom stereocenters. The minimum absolute atomic E-state index is 0.487. The van der Waals surface area contributed by atoms with Crippen molar-refractivity contribution in [2.24, 2.45) is 7.05 Å². The minimum atomic E-state index is -0.665. The Balaban J connectivity index is 1.52. The number of methoxy groups -OCH3 is 1. The summed E-state index contributed by atoms with van der Waals surface area (Å²) in [4.78, 5) is 22.0. The third-order valence-electron chi connectivity index (χ3n) is 5.77. The molecule has 4 heterocycles. The van der Waals surface area contributed by atoms with Gasteiger partial charge in [0, 0.05) is 48.7 Å². The van der Waals surface area contributed by atoms with E-state index in [1.165, 1.54) is 0 Å². The fourth-order valence-corrected chi connectivity index (χ4v) is 4.30. The zero-order valence-electron chi connectivity index (χ0n) is 21.7. The van der Waals surface area contributed by atoms with Crippen LogP contribution in [0.25, 0.3) is 33.3 Å². The minimum Gasteiger partial charge on any atom is -0.481 e. The number of aryl methyl sites for hydroxylation is 1. The maximum atomic E-state index is 13.3. The van der Waals surface area contributed by atoms with Crippen LogP contribution in [-0.4, -0.2) is 43.1 Å². The summed E-state index contributed by atoms with van der Waals surface area (Å²) in [5.74, 6) is 1.05. The van der Waals surface area contributed by atoms with Gasteiger partial charge in [0.1, 0.15) is 11.4 Å². The Morgan fingerprint density at radius 2 is 1.79 bits per heavy atom. The Labute approximate surface area is 225 Å². The highest BCUT2D eigenvalue weighted by Gasteiger charge is 2.24. The van der Waals surface area contributed by atoms with Crippen LogP contribution in [0.5, 0.6) is 5.88 Å². The molecule has 0 atom stereocenters. The van der Waals surface area contributed by atoms with Crippen LogP contribution in [0, 0.1) is 0 Å². The lowest BCUT2D eigenvalue weighted by atomic mass is 10.1. The van der Waals surface area contributed by atoms with Crippen molar-refractivity contribution < 1.29 is 14.3 Å². The van der Waals surface area contributed by atoms with E-state index in [-0.39, 0.29) is 0 Å². The van der Waals surface area contributed by atoms with E-state index in [1.54, 1.807) is 41.0 Å². The van der Waals surface area contributed by atoms with Crippen LogP contribution in [0.1, 0.15) is 20.8 Å². The lowest BCUT2D eigenvalue weighted by molar-refractivity contribution is 0.0547. The van der Waals surface area contributed by atoms with E-state index in [1.807, 2.05) is 70.4 Å². The molecule has 0 aliphatic rings. The number of rotatable bonds is 5. The van der Waals surface area contributed by atoms with E-state index in [9.17, 15) is 4.79 Å². The molecule has 38 heavy (non-hydrogen) atoms. The largest absolute Gasteiger partial charge is 0.481 e. The van der Waals surface area contributed by atoms with E-state index < -0.39 is 11.7 Å². The van der Waals surface area contributed by atoms with Gasteiger partial charge in [0.15, 0.2) is 0 Å². The Morgan fingerprint density at radius 1 is 1.00 bits per heavy atom. The average molecular weight is 531 g/mol. The van der Waals surface area contributed by atoms with Crippen LogP contribution in [0.3, 0.4) is 0 Å². The van der Waals surface area contributed by atoms with Crippen molar-refractivity contribution in [2.45, 2.75) is 26.4 Å². The maximum Gasteiger partial charge on any atom is 0.419 e. The smallest absolute Gasteiger partial charge is 0.419 e. The van der Waals surface area contributed by atoms with Crippen molar-refractivity contribution in [3.8, 4) is 28.3 Å². The topological polar surface area (TPSA) is 96.1 Å². The van der Waals surface area contributed by atoms with Crippen LogP contribution >= 0.6 is 11.6 Å². The highest BCUT2D eigenvalue weighted by Crippen LogP contribution is 2.34. The second kappa shape index (κ2) is 9.83. The molecule has 9 nitrogen and oxygen atoms in total. The molecule has 0 spiro atoms. The van der Waals surface area contributed by atoms with Crippen molar-refractivity contribution in [2.75, 3.05) is 12.4 Å². The molecule has 0 radical (unpaired) electrons. The molecule has 0 saturated heterocycles. The summed E-state index contributed by atoms with van der Waals surface area (Å²) in [5.41, 5.74) is 3.96. The van der Waals surface area contributed by atoms with Crippen LogP contribution in [0.15, 0.2) is 67.3 Å². The average Bonchev–Trinajstić information content (AvgIpc) is 3.47. The zero-order chi connectivity index (χ0) is 27.0. The van der Waals surface area contributed by atoms with Gasteiger partial charge in [-0.2, -0.15) is 5.10 Å². The summed E-state index contributed by atoms with van der Waals surface area (Å²) >= 11 is 6.64. The first-order valence-corrected chi connectivity index (χ1v) is 12.3. The van der Waals surface area contributed by atoms with Crippen molar-refractivity contribution in [3.05, 3.63) is 72.3 Å². The number of halogens is 1. The highest BCUT2D eigenvalue weighted by molar-refractivity contribution is 6.33. The van der Waals surface area contributed by atoms with E-state index in [2.05, 4.69) is 20.4 Å². The molecular weight excluding hydrogens is 504 g/mol. The third kappa shape index (κ3) is 5.19. The number of hydrogen-bond acceptors (Lipinski definition) is 7. The molecule has 4 aromatic heterocycles. The lowest BCUT2D eigenvalue weighted by Crippen LogP contribution is -2.27. The first-order valence-electron chi connectivity index (χ1n) is 11.9. The van der Waals surface area contributed by atoms with Crippen molar-refractivity contribution in [1.29, 1.82) is 0 Å². The number of aromatic nitrogens is 5. The van der Waals surface area contributed by atoms with Gasteiger partial charge in [-0.1, -0.05) is 17.7 Å². The summed E-state index contributed by atoms with van der Waals surface area (Å²) in [5, 5.41) is 8.83. The van der Waals surface area contributed by atoms with Gasteiger partial charge >= 0.3 is 6.09 Å². The summed E-state index contributed by atoms with van der Waals surface area (Å²) in [6.07, 6.45) is 6.47. The SMILES string of the molecule is COc1cc(-c2ccc(Nc3cc4c(cn3)cc(-c3cnn(C)c3)n4C(=O)OC(C)(C)C)c(Cl)c2)ccn1. The standard InChI is InChI=1S/C28H27ClN6O3/c1-28(2,3)38-27(36)35-23(20-15-32-34(4)16-20)11-19-14-31-25(13-24(19)35)33-22-7-6-17(10-21(22)29)18-8-9-30-26(12-18)37-5/h6-16H,1-5H3,(H,31,33). The number of nitrogens with zero attached hydrogens (tertiary/aromatic N) is 5. The van der Waals surface area contributed by atoms with Gasteiger partial charge in [0.25, 0.3) is 0 Å². The first-order chi connectivity index (χ1) is 18.1. The van der Waals surface area contributed by atoms with E-state index in [0.717, 1.165) is 22.1 Å². The number of carbonyl (C=O) groups is 1. The number of pyridine rings is 2. The first kappa shape index (κ1) is 25.3. The van der Waals surface area contributed by atoms with E-state index >= 15 is 0 Å². The second-order valence-electron chi connectivity index (χ2n) is 9.78. The number of carbonyl (C=O) groups excluding carboxylic acids is 1. The van der Waals surface area contributed by atoms with Crippen LogP contribution in [0.4, 0.5) is 16.3 Å². The molecule has 0 bridgehead atoms. The zero-order valence-corrected chi connectivity index (χ0v) is 22.4. The Kier molecular flexibility index (Phi) is 6.54. The van der Waals surface area contributed by atoms with Crippen LogP contribution in [0.2, 0.25) is 5.02 Å². The number of nitrogens with one attached hydrogen (secondary N) is 1. The monoisotopic (exact) mass is 530 g/mol. The molecule has 0 fully saturated rings. The highest BCUT2D eigenvalue weighted by atomic mass is 35.5. The van der Waals surface area contributed by atoms with E-state index in [0.29, 0.717) is 33.6 Å². The summed E-state index contributed by atoms with van der Waals surface area (Å²) in [6.45, 7) is 5.51. The molecule has 5 rings (SSSR count). The maximum absolute atomic E-state index is 13.3. The molecule has 194 valence electrons. The van der Waals surface area contributed by atoms with E-state index in [4.69, 9.17) is 21.1 Å². The summed E-state index contributed by atoms with van der Waals surface area (Å²) in [7, 11) is 3.41. The molecule has 10 heteroatoms. The number of hydrogen-bond donors (Lipinski definition) is 1. The molecule has 5 aromatic rings. The molecule has 0 aliphatic carbocycles. The van der Waals surface area contributed by atoms with Gasteiger partial charge < -0.3 is 14.8 Å². The van der Waals surface area contributed by atoms with Gasteiger partial charge in [0.05, 0.1) is 35.2 Å². The van der Waals surface area contributed by atoms with Gasteiger partial charge in [0.2, 0.25) is 5.88 Å². The lowest BCUT2D eigenvalue weighted by Gasteiger charge is -2.21. The van der Waals surface area contributed by atoms with Gasteiger partial charge in [-0.05, 0) is 56.2 Å². The van der Waals surface area contributed by atoms with Crippen LogP contribution < -0.4 is 10.1 Å². The molecule has 1 aromatic carbocycles. The number of ether oxygens (including phenoxy) is 2. The number of anilines is 2. The van der Waals surface area contributed by atoms with Crippen LogP contribution in [-0.2, 0) is 11.8 Å². The number of fused-ring (bicyclic) bond motifs is 1. The van der Waals surface area contributed by atoms with Gasteiger partial charge in [-0.3, -0.25) is 4.68 Å². The predicted octanol–water partition coefficient (Wildman–Crippen LogP) is 6.69. The van der Waals surface area contributed by atoms with Crippen molar-refractivity contribution in [1.82, 2.24) is 24.3 Å². The van der Waals surface area contributed by atoms with Gasteiger partial charge in [-0.15, -0.1) is 0 Å². The fraction of sp³-hybridized carbons (Fsp3) is 0.214. The van der Waals surface area contributed by atoms with Gasteiger partial charge in [-0.25, -0.2) is 19.3 Å². The molecule has 0 saturated carbocycles. The summed E-state index contributed by atoms with van der Waals surface area (Å²) < 4.78 is 14.2. The Hall–Kier alpha value is -4.37. The summed E-state index contributed by atoms with van der Waals surface area (Å²) in [6, 6.07) is 13.1. The van der Waals surface area contributed by atoms with Crippen molar-refractivity contribution in [3.63, 3.8) is 0 Å². The molecule has 0 amide bonds. The molecule has 1 N–H and O–H groups in total. The Morgan fingerprint density at radius 3 is 2.47 bits per heavy atom. The third-order valence-corrected chi connectivity index (χ3v) is 6.08. The quantitative estimate of drug-likeness (QED) is 0.270. The van der Waals surface area contributed by atoms with Crippen molar-refractivity contribution >= 4 is 40.1 Å². The fourth-order valence-electron chi connectivity index (χ4n) is 4.07. The molecule has 0 aliphatic heterocycles. The Bertz CT molecular complexity index is 1650. The molecular formula is C28H27ClN6O3. The normalized spacial score (nSPS) is 11.5. The number of benzene rings is 1. The second-order valence-corrected chi connectivity index (χ2v) is 10.2. The predicted molar refractivity (Wildman–Crippen MR) is 148 cm³/mol.